The zero-order valence-corrected chi connectivity index (χ0v) is 15.8. The van der Waals surface area contributed by atoms with Crippen molar-refractivity contribution in [1.82, 2.24) is 0 Å². The maximum absolute atomic E-state index is 12.6. The Hall–Kier alpha value is -1.51. The molecule has 0 saturated carbocycles. The van der Waals surface area contributed by atoms with Crippen molar-refractivity contribution in [1.29, 1.82) is 0 Å². The van der Waals surface area contributed by atoms with E-state index in [9.17, 15) is 4.79 Å². The standard InChI is InChI=1S/C19H26O7/c1-6-22-19(4)25-15-14(12(3)23-18(21-5)16(15)26-19)24-17(20)13-9-7-11(2)8-10-13/h7-10,12,14-16,18H,6H2,1-5H3/t12-,14-,15+,16+,18+,19?/m0/s1. The van der Waals surface area contributed by atoms with Gasteiger partial charge >= 0.3 is 5.97 Å². The predicted molar refractivity (Wildman–Crippen MR) is 91.5 cm³/mol. The Balaban J connectivity index is 1.79. The van der Waals surface area contributed by atoms with Gasteiger partial charge in [0.15, 0.2) is 12.4 Å². The molecule has 2 saturated heterocycles. The minimum Gasteiger partial charge on any atom is -0.453 e. The van der Waals surface area contributed by atoms with Gasteiger partial charge in [-0.3, -0.25) is 0 Å². The third-order valence-electron chi connectivity index (χ3n) is 4.60. The molecule has 144 valence electrons. The number of fused-ring (bicyclic) bond motifs is 1. The van der Waals surface area contributed by atoms with Crippen LogP contribution >= 0.6 is 0 Å². The van der Waals surface area contributed by atoms with Crippen LogP contribution in [0.15, 0.2) is 24.3 Å². The lowest BCUT2D eigenvalue weighted by molar-refractivity contribution is -0.335. The van der Waals surface area contributed by atoms with E-state index >= 15 is 0 Å². The van der Waals surface area contributed by atoms with E-state index in [1.54, 1.807) is 19.1 Å². The summed E-state index contributed by atoms with van der Waals surface area (Å²) in [4.78, 5) is 12.6. The van der Waals surface area contributed by atoms with Crippen LogP contribution in [0.1, 0.15) is 36.7 Å². The fraction of sp³-hybridized carbons (Fsp3) is 0.632. The molecule has 6 atom stereocenters. The zero-order chi connectivity index (χ0) is 18.9. The Labute approximate surface area is 153 Å². The van der Waals surface area contributed by atoms with Gasteiger partial charge in [-0.05, 0) is 32.9 Å². The first-order valence-corrected chi connectivity index (χ1v) is 8.82. The van der Waals surface area contributed by atoms with Crippen molar-refractivity contribution in [2.45, 2.75) is 64.4 Å². The second-order valence-electron chi connectivity index (χ2n) is 6.64. The van der Waals surface area contributed by atoms with Crippen LogP contribution in [0.2, 0.25) is 0 Å². The van der Waals surface area contributed by atoms with E-state index in [1.165, 1.54) is 7.11 Å². The lowest BCUT2D eigenvalue weighted by Gasteiger charge is -2.39. The van der Waals surface area contributed by atoms with Crippen molar-refractivity contribution < 1.29 is 33.2 Å². The highest BCUT2D eigenvalue weighted by atomic mass is 16.9. The quantitative estimate of drug-likeness (QED) is 0.741. The summed E-state index contributed by atoms with van der Waals surface area (Å²) in [5, 5.41) is 0. The molecule has 2 fully saturated rings. The predicted octanol–water partition coefficient (Wildman–Crippen LogP) is 2.41. The molecule has 0 aromatic heterocycles. The summed E-state index contributed by atoms with van der Waals surface area (Å²) in [6.45, 7) is 7.72. The molecule has 0 radical (unpaired) electrons. The fourth-order valence-electron chi connectivity index (χ4n) is 3.32. The summed E-state index contributed by atoms with van der Waals surface area (Å²) < 4.78 is 34.4. The summed E-state index contributed by atoms with van der Waals surface area (Å²) >= 11 is 0. The second kappa shape index (κ2) is 7.62. The average molecular weight is 366 g/mol. The van der Waals surface area contributed by atoms with Crippen LogP contribution < -0.4 is 0 Å². The zero-order valence-electron chi connectivity index (χ0n) is 15.8. The SMILES string of the molecule is CCOC1(C)O[C@@H]2[C@@H](OC(=O)c3ccc(C)cc3)[C@H](C)O[C@@H](OC)[C@@H]2O1. The minimum atomic E-state index is -1.23. The number of rotatable bonds is 5. The van der Waals surface area contributed by atoms with E-state index in [0.717, 1.165) is 5.56 Å². The molecule has 2 heterocycles. The summed E-state index contributed by atoms with van der Waals surface area (Å²) in [5.41, 5.74) is 1.54. The van der Waals surface area contributed by atoms with Crippen molar-refractivity contribution in [3.63, 3.8) is 0 Å². The number of esters is 1. The first kappa shape index (κ1) is 19.3. The molecule has 0 amide bonds. The number of hydrogen-bond acceptors (Lipinski definition) is 7. The number of benzene rings is 1. The number of hydrogen-bond donors (Lipinski definition) is 0. The van der Waals surface area contributed by atoms with Crippen molar-refractivity contribution in [2.24, 2.45) is 0 Å². The van der Waals surface area contributed by atoms with Gasteiger partial charge in [0.25, 0.3) is 5.97 Å². The van der Waals surface area contributed by atoms with Gasteiger partial charge in [0, 0.05) is 20.6 Å². The van der Waals surface area contributed by atoms with E-state index in [2.05, 4.69) is 0 Å². The van der Waals surface area contributed by atoms with Crippen LogP contribution in [0.3, 0.4) is 0 Å². The molecule has 1 unspecified atom stereocenters. The second-order valence-corrected chi connectivity index (χ2v) is 6.64. The Kier molecular flexibility index (Phi) is 5.64. The molecular weight excluding hydrogens is 340 g/mol. The first-order chi connectivity index (χ1) is 12.4. The van der Waals surface area contributed by atoms with E-state index < -0.39 is 42.6 Å². The minimum absolute atomic E-state index is 0.415. The third kappa shape index (κ3) is 3.77. The molecule has 0 N–H and O–H groups in total. The topological polar surface area (TPSA) is 72.5 Å². The van der Waals surface area contributed by atoms with E-state index in [1.807, 2.05) is 32.9 Å². The molecule has 0 bridgehead atoms. The lowest BCUT2D eigenvalue weighted by atomic mass is 9.99. The highest BCUT2D eigenvalue weighted by Gasteiger charge is 2.58. The highest BCUT2D eigenvalue weighted by Crippen LogP contribution is 2.39. The van der Waals surface area contributed by atoms with Crippen molar-refractivity contribution in [3.05, 3.63) is 35.4 Å². The van der Waals surface area contributed by atoms with Gasteiger partial charge < -0.3 is 28.4 Å². The van der Waals surface area contributed by atoms with Gasteiger partial charge in [-0.1, -0.05) is 17.7 Å². The molecule has 26 heavy (non-hydrogen) atoms. The molecule has 2 aliphatic rings. The van der Waals surface area contributed by atoms with Gasteiger partial charge in [-0.2, -0.15) is 0 Å². The van der Waals surface area contributed by atoms with Gasteiger partial charge in [0.2, 0.25) is 0 Å². The van der Waals surface area contributed by atoms with Crippen molar-refractivity contribution >= 4 is 5.97 Å². The number of carbonyl (C=O) groups excluding carboxylic acids is 1. The number of carbonyl (C=O) groups is 1. The van der Waals surface area contributed by atoms with E-state index in [0.29, 0.717) is 12.2 Å². The van der Waals surface area contributed by atoms with Crippen LogP contribution in [-0.2, 0) is 28.4 Å². The molecule has 7 nitrogen and oxygen atoms in total. The Morgan fingerprint density at radius 2 is 1.85 bits per heavy atom. The van der Waals surface area contributed by atoms with Crippen LogP contribution in [0.25, 0.3) is 0 Å². The highest BCUT2D eigenvalue weighted by molar-refractivity contribution is 5.89. The van der Waals surface area contributed by atoms with Crippen LogP contribution in [0, 0.1) is 6.92 Å². The normalized spacial score (nSPS) is 36.6. The van der Waals surface area contributed by atoms with Gasteiger partial charge in [-0.15, -0.1) is 0 Å². The number of aryl methyl sites for hydroxylation is 1. The molecule has 0 spiro atoms. The molecule has 7 heteroatoms. The molecular formula is C19H26O7. The van der Waals surface area contributed by atoms with Crippen molar-refractivity contribution in [2.75, 3.05) is 13.7 Å². The Morgan fingerprint density at radius 3 is 2.46 bits per heavy atom. The maximum Gasteiger partial charge on any atom is 0.338 e. The summed E-state index contributed by atoms with van der Waals surface area (Å²) in [5.74, 6) is -1.67. The van der Waals surface area contributed by atoms with Crippen LogP contribution in [0.5, 0.6) is 0 Å². The maximum atomic E-state index is 12.6. The molecule has 3 rings (SSSR count). The van der Waals surface area contributed by atoms with E-state index in [4.69, 9.17) is 28.4 Å². The molecule has 2 aliphatic heterocycles. The molecule has 1 aromatic carbocycles. The van der Waals surface area contributed by atoms with Crippen LogP contribution in [0.4, 0.5) is 0 Å². The first-order valence-electron chi connectivity index (χ1n) is 8.82. The average Bonchev–Trinajstić information content (AvgIpc) is 2.95. The summed E-state index contributed by atoms with van der Waals surface area (Å²) in [6, 6.07) is 7.19. The van der Waals surface area contributed by atoms with Gasteiger partial charge in [0.05, 0.1) is 11.7 Å². The summed E-state index contributed by atoms with van der Waals surface area (Å²) in [7, 11) is 1.53. The fourth-order valence-corrected chi connectivity index (χ4v) is 3.32. The monoisotopic (exact) mass is 366 g/mol. The van der Waals surface area contributed by atoms with Crippen LogP contribution in [-0.4, -0.2) is 56.4 Å². The van der Waals surface area contributed by atoms with Crippen molar-refractivity contribution in [3.8, 4) is 0 Å². The Morgan fingerprint density at radius 1 is 1.19 bits per heavy atom. The molecule has 1 aromatic rings. The van der Waals surface area contributed by atoms with Gasteiger partial charge in [0.1, 0.15) is 12.2 Å². The lowest BCUT2D eigenvalue weighted by Crippen LogP contribution is -2.57. The van der Waals surface area contributed by atoms with E-state index in [-0.39, 0.29) is 0 Å². The summed E-state index contributed by atoms with van der Waals surface area (Å²) in [6.07, 6.45) is -2.84. The Bertz CT molecular complexity index is 631. The van der Waals surface area contributed by atoms with Gasteiger partial charge in [-0.25, -0.2) is 4.79 Å². The molecule has 0 aliphatic carbocycles. The smallest absolute Gasteiger partial charge is 0.338 e. The number of ether oxygens (including phenoxy) is 6. The third-order valence-corrected chi connectivity index (χ3v) is 4.60. The largest absolute Gasteiger partial charge is 0.453 e. The number of methoxy groups -OCH3 is 1.